The minimum Gasteiger partial charge on any atom is -0.465 e. The van der Waals surface area contributed by atoms with Crippen molar-refractivity contribution in [1.82, 2.24) is 5.32 Å². The number of benzene rings is 2. The Hall–Kier alpha value is -2.81. The van der Waals surface area contributed by atoms with E-state index < -0.39 is 0 Å². The minimum atomic E-state index is -0.142. The summed E-state index contributed by atoms with van der Waals surface area (Å²) >= 11 is 0. The van der Waals surface area contributed by atoms with Crippen LogP contribution in [0.1, 0.15) is 24.3 Å². The lowest BCUT2D eigenvalue weighted by atomic mass is 10.0. The number of hydrogen-bond acceptors (Lipinski definition) is 2. The smallest absolute Gasteiger partial charge is 0.244 e. The molecule has 1 unspecified atom stereocenters. The van der Waals surface area contributed by atoms with E-state index in [9.17, 15) is 4.79 Å². The molecule has 1 aromatic heterocycles. The fourth-order valence-corrected chi connectivity index (χ4v) is 2.37. The normalized spacial score (nSPS) is 12.6. The van der Waals surface area contributed by atoms with E-state index in [0.29, 0.717) is 5.76 Å². The standard InChI is InChI=1S/C19H17NO2/c1-14(20-19(21)11-10-18-7-4-12-22-18)16-9-8-15-5-2-3-6-17(15)13-16/h2-14H,1H3,(H,20,21). The van der Waals surface area contributed by atoms with Crippen molar-refractivity contribution in [3.63, 3.8) is 0 Å². The van der Waals surface area contributed by atoms with Crippen LogP contribution in [0.4, 0.5) is 0 Å². The van der Waals surface area contributed by atoms with Crippen LogP contribution in [0.15, 0.2) is 71.4 Å². The third-order valence-corrected chi connectivity index (χ3v) is 3.57. The van der Waals surface area contributed by atoms with Crippen molar-refractivity contribution in [2.24, 2.45) is 0 Å². The van der Waals surface area contributed by atoms with Gasteiger partial charge in [-0.05, 0) is 47.5 Å². The van der Waals surface area contributed by atoms with Crippen LogP contribution in [0.25, 0.3) is 16.8 Å². The van der Waals surface area contributed by atoms with Crippen LogP contribution in [0.3, 0.4) is 0 Å². The highest BCUT2D eigenvalue weighted by molar-refractivity contribution is 5.91. The minimum absolute atomic E-state index is 0.0571. The highest BCUT2D eigenvalue weighted by Crippen LogP contribution is 2.20. The zero-order valence-corrected chi connectivity index (χ0v) is 12.3. The number of hydrogen-bond donors (Lipinski definition) is 1. The number of rotatable bonds is 4. The molecule has 0 radical (unpaired) electrons. The SMILES string of the molecule is CC(NC(=O)C=Cc1ccco1)c1ccc2ccccc2c1. The van der Waals surface area contributed by atoms with Crippen molar-refractivity contribution in [2.75, 3.05) is 0 Å². The zero-order valence-electron chi connectivity index (χ0n) is 12.3. The quantitative estimate of drug-likeness (QED) is 0.727. The van der Waals surface area contributed by atoms with Gasteiger partial charge in [-0.15, -0.1) is 0 Å². The first-order chi connectivity index (χ1) is 10.7. The van der Waals surface area contributed by atoms with Gasteiger partial charge in [-0.1, -0.05) is 36.4 Å². The molecular weight excluding hydrogens is 274 g/mol. The number of furan rings is 1. The Balaban J connectivity index is 1.69. The van der Waals surface area contributed by atoms with Crippen LogP contribution in [0.2, 0.25) is 0 Å². The second-order valence-corrected chi connectivity index (χ2v) is 5.19. The van der Waals surface area contributed by atoms with E-state index in [1.165, 1.54) is 16.8 Å². The molecule has 3 heteroatoms. The molecule has 0 aliphatic carbocycles. The summed E-state index contributed by atoms with van der Waals surface area (Å²) in [7, 11) is 0. The van der Waals surface area contributed by atoms with E-state index in [1.54, 1.807) is 24.5 Å². The molecule has 3 aromatic rings. The van der Waals surface area contributed by atoms with Gasteiger partial charge in [0.1, 0.15) is 5.76 Å². The van der Waals surface area contributed by atoms with Crippen LogP contribution >= 0.6 is 0 Å². The molecule has 22 heavy (non-hydrogen) atoms. The van der Waals surface area contributed by atoms with Crippen molar-refractivity contribution in [2.45, 2.75) is 13.0 Å². The highest BCUT2D eigenvalue weighted by Gasteiger charge is 2.08. The van der Waals surface area contributed by atoms with Crippen molar-refractivity contribution in [3.05, 3.63) is 78.3 Å². The Labute approximate surface area is 129 Å². The zero-order chi connectivity index (χ0) is 15.4. The molecule has 0 saturated carbocycles. The topological polar surface area (TPSA) is 42.2 Å². The Morgan fingerprint density at radius 3 is 2.68 bits per heavy atom. The second-order valence-electron chi connectivity index (χ2n) is 5.19. The summed E-state index contributed by atoms with van der Waals surface area (Å²) in [6.07, 6.45) is 4.72. The first kappa shape index (κ1) is 14.1. The van der Waals surface area contributed by atoms with Gasteiger partial charge < -0.3 is 9.73 Å². The van der Waals surface area contributed by atoms with E-state index in [2.05, 4.69) is 29.6 Å². The Morgan fingerprint density at radius 1 is 1.09 bits per heavy atom. The van der Waals surface area contributed by atoms with Crippen molar-refractivity contribution >= 4 is 22.8 Å². The first-order valence-electron chi connectivity index (χ1n) is 7.23. The number of fused-ring (bicyclic) bond motifs is 1. The molecule has 1 heterocycles. The lowest BCUT2D eigenvalue weighted by Crippen LogP contribution is -2.24. The maximum absolute atomic E-state index is 11.9. The molecule has 3 rings (SSSR count). The van der Waals surface area contributed by atoms with E-state index in [4.69, 9.17) is 4.42 Å². The summed E-state index contributed by atoms with van der Waals surface area (Å²) in [4.78, 5) is 11.9. The molecular formula is C19H17NO2. The van der Waals surface area contributed by atoms with E-state index >= 15 is 0 Å². The number of nitrogens with one attached hydrogen (secondary N) is 1. The first-order valence-corrected chi connectivity index (χ1v) is 7.23. The predicted octanol–water partition coefficient (Wildman–Crippen LogP) is 4.32. The van der Waals surface area contributed by atoms with Gasteiger partial charge in [-0.3, -0.25) is 4.79 Å². The molecule has 1 amide bonds. The van der Waals surface area contributed by atoms with E-state index in [-0.39, 0.29) is 11.9 Å². The number of carbonyl (C=O) groups excluding carboxylic acids is 1. The van der Waals surface area contributed by atoms with Gasteiger partial charge in [-0.25, -0.2) is 0 Å². The summed E-state index contributed by atoms with van der Waals surface area (Å²) in [5.74, 6) is 0.519. The molecule has 0 bridgehead atoms. The van der Waals surface area contributed by atoms with E-state index in [0.717, 1.165) is 5.56 Å². The fraction of sp³-hybridized carbons (Fsp3) is 0.105. The maximum Gasteiger partial charge on any atom is 0.244 e. The number of carbonyl (C=O) groups is 1. The third-order valence-electron chi connectivity index (χ3n) is 3.57. The van der Waals surface area contributed by atoms with Gasteiger partial charge in [0.05, 0.1) is 12.3 Å². The summed E-state index contributed by atoms with van der Waals surface area (Å²) in [6, 6.07) is 17.9. The lowest BCUT2D eigenvalue weighted by molar-refractivity contribution is -0.117. The fourth-order valence-electron chi connectivity index (χ4n) is 2.37. The van der Waals surface area contributed by atoms with Gasteiger partial charge in [0.2, 0.25) is 5.91 Å². The van der Waals surface area contributed by atoms with Gasteiger partial charge in [0, 0.05) is 6.08 Å². The van der Waals surface area contributed by atoms with Crippen molar-refractivity contribution in [1.29, 1.82) is 0 Å². The summed E-state index contributed by atoms with van der Waals surface area (Å²) < 4.78 is 5.15. The molecule has 110 valence electrons. The van der Waals surface area contributed by atoms with Crippen LogP contribution in [0.5, 0.6) is 0 Å². The molecule has 0 aliphatic rings. The number of amides is 1. The molecule has 0 fully saturated rings. The Morgan fingerprint density at radius 2 is 1.91 bits per heavy atom. The summed E-state index contributed by atoms with van der Waals surface area (Å²) in [5.41, 5.74) is 1.08. The molecule has 0 aliphatic heterocycles. The summed E-state index contributed by atoms with van der Waals surface area (Å²) in [6.45, 7) is 1.97. The van der Waals surface area contributed by atoms with Gasteiger partial charge in [0.25, 0.3) is 0 Å². The molecule has 0 saturated heterocycles. The average molecular weight is 291 g/mol. The van der Waals surface area contributed by atoms with Gasteiger partial charge in [-0.2, -0.15) is 0 Å². The Bertz CT molecular complexity index is 803. The van der Waals surface area contributed by atoms with Crippen LogP contribution < -0.4 is 5.32 Å². The average Bonchev–Trinajstić information content (AvgIpc) is 3.06. The molecule has 1 atom stereocenters. The molecule has 3 nitrogen and oxygen atoms in total. The van der Waals surface area contributed by atoms with Crippen molar-refractivity contribution < 1.29 is 9.21 Å². The summed E-state index contributed by atoms with van der Waals surface area (Å²) in [5, 5.41) is 5.33. The highest BCUT2D eigenvalue weighted by atomic mass is 16.3. The molecule has 0 spiro atoms. The van der Waals surface area contributed by atoms with Crippen LogP contribution in [-0.2, 0) is 4.79 Å². The maximum atomic E-state index is 11.9. The monoisotopic (exact) mass is 291 g/mol. The predicted molar refractivity (Wildman–Crippen MR) is 88.2 cm³/mol. The van der Waals surface area contributed by atoms with Crippen molar-refractivity contribution in [3.8, 4) is 0 Å². The van der Waals surface area contributed by atoms with Gasteiger partial charge in [0.15, 0.2) is 0 Å². The van der Waals surface area contributed by atoms with Crippen LogP contribution in [0, 0.1) is 0 Å². The molecule has 1 N–H and O–H groups in total. The second kappa shape index (κ2) is 6.31. The Kier molecular flexibility index (Phi) is 4.05. The van der Waals surface area contributed by atoms with E-state index in [1.807, 2.05) is 25.1 Å². The van der Waals surface area contributed by atoms with Crippen LogP contribution in [-0.4, -0.2) is 5.91 Å². The lowest BCUT2D eigenvalue weighted by Gasteiger charge is -2.13. The van der Waals surface area contributed by atoms with Gasteiger partial charge >= 0.3 is 0 Å². The third kappa shape index (κ3) is 3.26. The largest absolute Gasteiger partial charge is 0.465 e. The molecule has 2 aromatic carbocycles.